The molecule has 2 aromatic carbocycles. The van der Waals surface area contributed by atoms with Gasteiger partial charge in [-0.15, -0.1) is 0 Å². The largest absolute Gasteiger partial charge is 0.481 e. The number of carbonyl (C=O) groups is 1. The fourth-order valence-electron chi connectivity index (χ4n) is 1.88. The lowest BCUT2D eigenvalue weighted by molar-refractivity contribution is -0.139. The molecule has 0 aromatic heterocycles. The van der Waals surface area contributed by atoms with Crippen LogP contribution in [-0.4, -0.2) is 17.7 Å². The van der Waals surface area contributed by atoms with Crippen molar-refractivity contribution in [1.29, 1.82) is 5.26 Å². The Morgan fingerprint density at radius 1 is 1.35 bits per heavy atom. The zero-order valence-electron chi connectivity index (χ0n) is 11.8. The quantitative estimate of drug-likeness (QED) is 0.449. The number of halogens is 2. The molecule has 0 aliphatic heterocycles. The predicted molar refractivity (Wildman–Crippen MR) is 92.2 cm³/mol. The van der Waals surface area contributed by atoms with Crippen LogP contribution in [0, 0.1) is 20.7 Å². The Hall–Kier alpha value is -2.40. The van der Waals surface area contributed by atoms with Crippen molar-refractivity contribution in [2.75, 3.05) is 6.61 Å². The van der Waals surface area contributed by atoms with Crippen LogP contribution < -0.4 is 4.74 Å². The molecule has 2 rings (SSSR count). The molecule has 0 amide bonds. The molecule has 0 aliphatic carbocycles. The van der Waals surface area contributed by atoms with Gasteiger partial charge in [-0.05, 0) is 52.4 Å². The van der Waals surface area contributed by atoms with Gasteiger partial charge < -0.3 is 9.84 Å². The minimum Gasteiger partial charge on any atom is -0.481 e. The lowest BCUT2D eigenvalue weighted by Crippen LogP contribution is -2.10. The molecular formula is C17H11FINO3. The molecular weight excluding hydrogens is 412 g/mol. The van der Waals surface area contributed by atoms with E-state index in [-0.39, 0.29) is 11.1 Å². The zero-order valence-corrected chi connectivity index (χ0v) is 14.0. The molecule has 23 heavy (non-hydrogen) atoms. The van der Waals surface area contributed by atoms with Gasteiger partial charge in [-0.25, -0.2) is 9.18 Å². The number of ether oxygens (including phenoxy) is 1. The van der Waals surface area contributed by atoms with Gasteiger partial charge in [0, 0.05) is 5.56 Å². The maximum Gasteiger partial charge on any atom is 0.341 e. The number of nitriles is 1. The van der Waals surface area contributed by atoms with Crippen LogP contribution in [0.2, 0.25) is 0 Å². The summed E-state index contributed by atoms with van der Waals surface area (Å²) in [4.78, 5) is 10.5. The number of aliphatic carboxylic acids is 1. The highest BCUT2D eigenvalue weighted by Crippen LogP contribution is 2.25. The third-order valence-electron chi connectivity index (χ3n) is 2.90. The maximum absolute atomic E-state index is 13.8. The van der Waals surface area contributed by atoms with E-state index in [0.29, 0.717) is 14.9 Å². The van der Waals surface area contributed by atoms with Crippen molar-refractivity contribution >= 4 is 40.2 Å². The third kappa shape index (κ3) is 4.53. The van der Waals surface area contributed by atoms with Crippen molar-refractivity contribution in [2.24, 2.45) is 0 Å². The van der Waals surface area contributed by atoms with Crippen LogP contribution in [0.15, 0.2) is 42.5 Å². The van der Waals surface area contributed by atoms with Crippen LogP contribution in [-0.2, 0) is 4.79 Å². The monoisotopic (exact) mass is 423 g/mol. The average Bonchev–Trinajstić information content (AvgIpc) is 2.52. The fourth-order valence-corrected chi connectivity index (χ4v) is 2.58. The lowest BCUT2D eigenvalue weighted by Gasteiger charge is -2.07. The molecule has 1 N–H and O–H groups in total. The molecule has 0 saturated carbocycles. The highest BCUT2D eigenvalue weighted by atomic mass is 127. The molecule has 0 bridgehead atoms. The van der Waals surface area contributed by atoms with Crippen LogP contribution in [0.4, 0.5) is 4.39 Å². The standard InChI is InChI=1S/C17H11FINO3/c18-14-4-2-1-3-13(14)12(9-20)7-11-5-6-16(15(19)8-11)23-10-17(21)22/h1-8H,10H2,(H,21,22). The first kappa shape index (κ1) is 17.0. The minimum absolute atomic E-state index is 0.207. The Morgan fingerprint density at radius 2 is 2.09 bits per heavy atom. The summed E-state index contributed by atoms with van der Waals surface area (Å²) in [5, 5.41) is 17.9. The molecule has 0 unspecified atom stereocenters. The molecule has 4 nitrogen and oxygen atoms in total. The third-order valence-corrected chi connectivity index (χ3v) is 3.75. The Labute approximate surface area is 146 Å². The molecule has 2 aromatic rings. The topological polar surface area (TPSA) is 70.3 Å². The number of hydrogen-bond acceptors (Lipinski definition) is 3. The average molecular weight is 423 g/mol. The number of allylic oxidation sites excluding steroid dienone is 1. The van der Waals surface area contributed by atoms with Gasteiger partial charge in [0.05, 0.1) is 15.2 Å². The molecule has 0 aliphatic rings. The van der Waals surface area contributed by atoms with E-state index >= 15 is 0 Å². The summed E-state index contributed by atoms with van der Waals surface area (Å²) in [7, 11) is 0. The zero-order chi connectivity index (χ0) is 16.8. The van der Waals surface area contributed by atoms with E-state index in [1.54, 1.807) is 42.5 Å². The van der Waals surface area contributed by atoms with Gasteiger partial charge in [0.2, 0.25) is 0 Å². The van der Waals surface area contributed by atoms with Crippen molar-refractivity contribution < 1.29 is 19.0 Å². The fraction of sp³-hybridized carbons (Fsp3) is 0.0588. The van der Waals surface area contributed by atoms with Crippen LogP contribution in [0.1, 0.15) is 11.1 Å². The number of carboxylic acids is 1. The summed E-state index contributed by atoms with van der Waals surface area (Å²) in [6.45, 7) is -0.427. The molecule has 0 saturated heterocycles. The SMILES string of the molecule is N#CC(=Cc1ccc(OCC(=O)O)c(I)c1)c1ccccc1F. The van der Waals surface area contributed by atoms with Crippen molar-refractivity contribution in [1.82, 2.24) is 0 Å². The number of benzene rings is 2. The van der Waals surface area contributed by atoms with Gasteiger partial charge >= 0.3 is 5.97 Å². The van der Waals surface area contributed by atoms with E-state index in [2.05, 4.69) is 0 Å². The minimum atomic E-state index is -1.06. The number of rotatable bonds is 5. The summed E-state index contributed by atoms with van der Waals surface area (Å²) < 4.78 is 19.6. The van der Waals surface area contributed by atoms with E-state index in [1.165, 1.54) is 6.07 Å². The van der Waals surface area contributed by atoms with Gasteiger partial charge in [0.1, 0.15) is 11.6 Å². The lowest BCUT2D eigenvalue weighted by atomic mass is 10.0. The van der Waals surface area contributed by atoms with Crippen molar-refractivity contribution in [3.8, 4) is 11.8 Å². The first-order valence-electron chi connectivity index (χ1n) is 6.52. The molecule has 6 heteroatoms. The summed E-state index contributed by atoms with van der Waals surface area (Å²) in [6.07, 6.45) is 1.57. The second-order valence-electron chi connectivity index (χ2n) is 4.52. The Kier molecular flexibility index (Phi) is 5.71. The number of nitrogens with zero attached hydrogens (tertiary/aromatic N) is 1. The van der Waals surface area contributed by atoms with Crippen LogP contribution in [0.3, 0.4) is 0 Å². The van der Waals surface area contributed by atoms with Crippen molar-refractivity contribution in [2.45, 2.75) is 0 Å². The van der Waals surface area contributed by atoms with Gasteiger partial charge in [0.25, 0.3) is 0 Å². The second kappa shape index (κ2) is 7.74. The Balaban J connectivity index is 2.31. The summed E-state index contributed by atoms with van der Waals surface area (Å²) in [5.41, 5.74) is 1.13. The molecule has 0 fully saturated rings. The molecule has 116 valence electrons. The second-order valence-corrected chi connectivity index (χ2v) is 5.68. The van der Waals surface area contributed by atoms with E-state index in [9.17, 15) is 14.4 Å². The predicted octanol–water partition coefficient (Wildman–Crippen LogP) is 3.96. The molecule has 0 heterocycles. The van der Waals surface area contributed by atoms with Gasteiger partial charge in [-0.3, -0.25) is 0 Å². The number of hydrogen-bond donors (Lipinski definition) is 1. The highest BCUT2D eigenvalue weighted by molar-refractivity contribution is 14.1. The summed E-state index contributed by atoms with van der Waals surface area (Å²) >= 11 is 2.01. The number of carboxylic acid groups (broad SMARTS) is 1. The molecule has 0 atom stereocenters. The first-order chi connectivity index (χ1) is 11.0. The summed E-state index contributed by atoms with van der Waals surface area (Å²) in [6, 6.07) is 13.1. The Morgan fingerprint density at radius 3 is 2.70 bits per heavy atom. The smallest absolute Gasteiger partial charge is 0.341 e. The van der Waals surface area contributed by atoms with Gasteiger partial charge in [-0.2, -0.15) is 5.26 Å². The van der Waals surface area contributed by atoms with E-state index in [0.717, 1.165) is 0 Å². The van der Waals surface area contributed by atoms with Crippen LogP contribution >= 0.6 is 22.6 Å². The summed E-state index contributed by atoms with van der Waals surface area (Å²) in [5.74, 6) is -1.08. The van der Waals surface area contributed by atoms with E-state index in [4.69, 9.17) is 9.84 Å². The molecule has 0 spiro atoms. The van der Waals surface area contributed by atoms with Gasteiger partial charge in [-0.1, -0.05) is 24.3 Å². The highest BCUT2D eigenvalue weighted by Gasteiger charge is 2.08. The maximum atomic E-state index is 13.8. The normalized spacial score (nSPS) is 10.9. The van der Waals surface area contributed by atoms with Crippen molar-refractivity contribution in [3.63, 3.8) is 0 Å². The van der Waals surface area contributed by atoms with Crippen LogP contribution in [0.5, 0.6) is 5.75 Å². The van der Waals surface area contributed by atoms with Crippen LogP contribution in [0.25, 0.3) is 11.6 Å². The van der Waals surface area contributed by atoms with E-state index in [1.807, 2.05) is 28.7 Å². The Bertz CT molecular complexity index is 812. The van der Waals surface area contributed by atoms with E-state index < -0.39 is 18.4 Å². The first-order valence-corrected chi connectivity index (χ1v) is 7.60. The van der Waals surface area contributed by atoms with Crippen molar-refractivity contribution in [3.05, 3.63) is 63.0 Å². The van der Waals surface area contributed by atoms with Gasteiger partial charge in [0.15, 0.2) is 6.61 Å². The molecule has 0 radical (unpaired) electrons.